The van der Waals surface area contributed by atoms with Crippen LogP contribution < -0.4 is 11.1 Å². The Kier molecular flexibility index (Phi) is 4.07. The number of carbonyl (C=O) groups excluding carboxylic acids is 1. The molecule has 3 N–H and O–H groups in total. The molecule has 2 aromatic rings. The quantitative estimate of drug-likeness (QED) is 0.885. The molecule has 0 aliphatic carbocycles. The molecule has 2 heterocycles. The van der Waals surface area contributed by atoms with Gasteiger partial charge in [-0.3, -0.25) is 9.78 Å². The van der Waals surface area contributed by atoms with Crippen LogP contribution in [0.15, 0.2) is 35.8 Å². The molecule has 1 amide bonds. The molecule has 0 aromatic carbocycles. The summed E-state index contributed by atoms with van der Waals surface area (Å²) in [4.78, 5) is 17.2. The summed E-state index contributed by atoms with van der Waals surface area (Å²) >= 11 is 1.63. The molecule has 0 bridgehead atoms. The van der Waals surface area contributed by atoms with Crippen molar-refractivity contribution in [2.45, 2.75) is 19.5 Å². The van der Waals surface area contributed by atoms with Crippen LogP contribution in [0.25, 0.3) is 0 Å². The minimum Gasteiger partial charge on any atom is -0.345 e. The summed E-state index contributed by atoms with van der Waals surface area (Å²) < 4.78 is 0. The summed E-state index contributed by atoms with van der Waals surface area (Å²) in [5.74, 6) is -0.104. The zero-order valence-electron chi connectivity index (χ0n) is 10.1. The average molecular weight is 261 g/mol. The SMILES string of the molecule is CC(NC(=O)c1ccnc(CN)c1)c1cccs1. The van der Waals surface area contributed by atoms with E-state index in [4.69, 9.17) is 5.73 Å². The van der Waals surface area contributed by atoms with Crippen molar-refractivity contribution in [2.75, 3.05) is 0 Å². The van der Waals surface area contributed by atoms with Gasteiger partial charge < -0.3 is 11.1 Å². The predicted octanol–water partition coefficient (Wildman–Crippen LogP) is 2.09. The second-order valence-corrected chi connectivity index (χ2v) is 4.93. The number of rotatable bonds is 4. The van der Waals surface area contributed by atoms with E-state index >= 15 is 0 Å². The fourth-order valence-electron chi connectivity index (χ4n) is 1.62. The summed E-state index contributed by atoms with van der Waals surface area (Å²) in [5, 5.41) is 4.95. The highest BCUT2D eigenvalue weighted by atomic mass is 32.1. The molecule has 94 valence electrons. The topological polar surface area (TPSA) is 68.0 Å². The van der Waals surface area contributed by atoms with Crippen LogP contribution >= 0.6 is 11.3 Å². The normalized spacial score (nSPS) is 12.1. The Hall–Kier alpha value is -1.72. The first-order valence-corrected chi connectivity index (χ1v) is 6.58. The number of aromatic nitrogens is 1. The van der Waals surface area contributed by atoms with Crippen LogP contribution in [0.5, 0.6) is 0 Å². The average Bonchev–Trinajstić information content (AvgIpc) is 2.92. The molecule has 2 rings (SSSR count). The van der Waals surface area contributed by atoms with Gasteiger partial charge in [0.15, 0.2) is 0 Å². The lowest BCUT2D eigenvalue weighted by Gasteiger charge is -2.12. The van der Waals surface area contributed by atoms with Crippen molar-refractivity contribution in [3.63, 3.8) is 0 Å². The van der Waals surface area contributed by atoms with E-state index in [-0.39, 0.29) is 11.9 Å². The lowest BCUT2D eigenvalue weighted by Crippen LogP contribution is -2.26. The summed E-state index contributed by atoms with van der Waals surface area (Å²) in [5.41, 5.74) is 6.81. The van der Waals surface area contributed by atoms with Crippen LogP contribution in [0.1, 0.15) is 33.9 Å². The number of nitrogens with zero attached hydrogens (tertiary/aromatic N) is 1. The predicted molar refractivity (Wildman–Crippen MR) is 72.3 cm³/mol. The number of thiophene rings is 1. The van der Waals surface area contributed by atoms with Crippen molar-refractivity contribution in [1.29, 1.82) is 0 Å². The van der Waals surface area contributed by atoms with E-state index < -0.39 is 0 Å². The van der Waals surface area contributed by atoms with Gasteiger partial charge in [-0.05, 0) is 30.5 Å². The largest absolute Gasteiger partial charge is 0.345 e. The molecule has 0 radical (unpaired) electrons. The fraction of sp³-hybridized carbons (Fsp3) is 0.231. The monoisotopic (exact) mass is 261 g/mol. The Balaban J connectivity index is 2.07. The summed E-state index contributed by atoms with van der Waals surface area (Å²) in [7, 11) is 0. The molecule has 0 fully saturated rings. The maximum Gasteiger partial charge on any atom is 0.251 e. The first kappa shape index (κ1) is 12.7. The summed E-state index contributed by atoms with van der Waals surface area (Å²) in [6.45, 7) is 2.30. The Morgan fingerprint density at radius 1 is 1.56 bits per heavy atom. The molecule has 0 saturated carbocycles. The third-order valence-electron chi connectivity index (χ3n) is 2.61. The Labute approximate surface area is 110 Å². The number of pyridine rings is 1. The van der Waals surface area contributed by atoms with Gasteiger partial charge in [0.05, 0.1) is 11.7 Å². The van der Waals surface area contributed by atoms with Gasteiger partial charge >= 0.3 is 0 Å². The van der Waals surface area contributed by atoms with Crippen molar-refractivity contribution in [1.82, 2.24) is 10.3 Å². The van der Waals surface area contributed by atoms with E-state index in [1.165, 1.54) is 0 Å². The lowest BCUT2D eigenvalue weighted by molar-refractivity contribution is 0.0940. The second-order valence-electron chi connectivity index (χ2n) is 3.95. The van der Waals surface area contributed by atoms with Crippen LogP contribution in [-0.4, -0.2) is 10.9 Å². The highest BCUT2D eigenvalue weighted by molar-refractivity contribution is 7.10. The van der Waals surface area contributed by atoms with Crippen LogP contribution in [-0.2, 0) is 6.54 Å². The summed E-state index contributed by atoms with van der Waals surface area (Å²) in [6.07, 6.45) is 1.60. The van der Waals surface area contributed by atoms with Gasteiger partial charge in [-0.2, -0.15) is 0 Å². The van der Waals surface area contributed by atoms with E-state index in [0.717, 1.165) is 4.88 Å². The van der Waals surface area contributed by atoms with Gasteiger partial charge in [-0.15, -0.1) is 11.3 Å². The number of nitrogens with two attached hydrogens (primary N) is 1. The van der Waals surface area contributed by atoms with Crippen LogP contribution in [0, 0.1) is 0 Å². The zero-order valence-corrected chi connectivity index (χ0v) is 10.9. The van der Waals surface area contributed by atoms with E-state index in [1.54, 1.807) is 29.7 Å². The molecule has 0 aliphatic rings. The Morgan fingerprint density at radius 2 is 2.39 bits per heavy atom. The van der Waals surface area contributed by atoms with Crippen molar-refractivity contribution in [2.24, 2.45) is 5.73 Å². The first-order valence-electron chi connectivity index (χ1n) is 5.70. The fourth-order valence-corrected chi connectivity index (χ4v) is 2.35. The van der Waals surface area contributed by atoms with Crippen LogP contribution in [0.2, 0.25) is 0 Å². The van der Waals surface area contributed by atoms with Gasteiger partial charge in [-0.1, -0.05) is 6.07 Å². The molecule has 1 unspecified atom stereocenters. The van der Waals surface area contributed by atoms with E-state index in [2.05, 4.69) is 10.3 Å². The molecule has 0 spiro atoms. The third-order valence-corrected chi connectivity index (χ3v) is 3.66. The van der Waals surface area contributed by atoms with Crippen LogP contribution in [0.3, 0.4) is 0 Å². The maximum absolute atomic E-state index is 12.0. The smallest absolute Gasteiger partial charge is 0.251 e. The molecular weight excluding hydrogens is 246 g/mol. The molecule has 0 saturated heterocycles. The summed E-state index contributed by atoms with van der Waals surface area (Å²) in [6, 6.07) is 7.40. The van der Waals surface area contributed by atoms with Gasteiger partial charge in [0.25, 0.3) is 5.91 Å². The van der Waals surface area contributed by atoms with E-state index in [1.807, 2.05) is 24.4 Å². The lowest BCUT2D eigenvalue weighted by atomic mass is 10.2. The number of amides is 1. The highest BCUT2D eigenvalue weighted by Crippen LogP contribution is 2.18. The number of hydrogen-bond acceptors (Lipinski definition) is 4. The standard InChI is InChI=1S/C13H15N3OS/c1-9(12-3-2-6-18-12)16-13(17)10-4-5-15-11(7-10)8-14/h2-7,9H,8,14H2,1H3,(H,16,17). The first-order chi connectivity index (χ1) is 8.70. The Morgan fingerprint density at radius 3 is 3.06 bits per heavy atom. The molecule has 4 nitrogen and oxygen atoms in total. The van der Waals surface area contributed by atoms with Crippen molar-refractivity contribution in [3.05, 3.63) is 52.0 Å². The zero-order chi connectivity index (χ0) is 13.0. The van der Waals surface area contributed by atoms with Gasteiger partial charge in [0, 0.05) is 23.2 Å². The molecule has 1 atom stereocenters. The second kappa shape index (κ2) is 5.75. The number of carbonyl (C=O) groups is 1. The Bertz CT molecular complexity index is 525. The molecule has 5 heteroatoms. The van der Waals surface area contributed by atoms with Gasteiger partial charge in [0.2, 0.25) is 0 Å². The number of hydrogen-bond donors (Lipinski definition) is 2. The van der Waals surface area contributed by atoms with Crippen molar-refractivity contribution in [3.8, 4) is 0 Å². The molecule has 2 aromatic heterocycles. The van der Waals surface area contributed by atoms with Crippen LogP contribution in [0.4, 0.5) is 0 Å². The minimum atomic E-state index is -0.104. The highest BCUT2D eigenvalue weighted by Gasteiger charge is 2.12. The van der Waals surface area contributed by atoms with Crippen molar-refractivity contribution < 1.29 is 4.79 Å². The van der Waals surface area contributed by atoms with Gasteiger partial charge in [0.1, 0.15) is 0 Å². The molecule has 18 heavy (non-hydrogen) atoms. The molecule has 0 aliphatic heterocycles. The van der Waals surface area contributed by atoms with E-state index in [9.17, 15) is 4.79 Å². The maximum atomic E-state index is 12.0. The van der Waals surface area contributed by atoms with E-state index in [0.29, 0.717) is 17.8 Å². The van der Waals surface area contributed by atoms with Gasteiger partial charge in [-0.25, -0.2) is 0 Å². The third kappa shape index (κ3) is 2.94. The minimum absolute atomic E-state index is 0.00647. The number of nitrogens with one attached hydrogen (secondary N) is 1. The van der Waals surface area contributed by atoms with Crippen molar-refractivity contribution >= 4 is 17.2 Å². The molecular formula is C13H15N3OS.